The highest BCUT2D eigenvalue weighted by Crippen LogP contribution is 2.21. The van der Waals surface area contributed by atoms with Crippen molar-refractivity contribution in [3.8, 4) is 5.88 Å². The first-order chi connectivity index (χ1) is 11.1. The maximum absolute atomic E-state index is 11.1. The van der Waals surface area contributed by atoms with E-state index in [1.807, 2.05) is 6.20 Å². The second kappa shape index (κ2) is 7.01. The third-order valence-electron chi connectivity index (χ3n) is 3.54. The maximum Gasteiger partial charge on any atom is 0.218 e. The van der Waals surface area contributed by atoms with Crippen LogP contribution in [0.15, 0.2) is 18.6 Å². The van der Waals surface area contributed by atoms with Gasteiger partial charge in [0.2, 0.25) is 5.88 Å². The smallest absolute Gasteiger partial charge is 0.218 e. The van der Waals surface area contributed by atoms with Gasteiger partial charge in [-0.05, 0) is 6.92 Å². The lowest BCUT2D eigenvalue weighted by Gasteiger charge is -2.39. The number of ketones is 1. The van der Waals surface area contributed by atoms with Crippen LogP contribution >= 0.6 is 11.3 Å². The summed E-state index contributed by atoms with van der Waals surface area (Å²) in [4.78, 5) is 27.1. The molecule has 7 nitrogen and oxygen atoms in total. The van der Waals surface area contributed by atoms with E-state index in [-0.39, 0.29) is 5.78 Å². The Hall–Kier alpha value is -2.06. The molecule has 8 heteroatoms. The molecule has 0 radical (unpaired) electrons. The molecule has 0 unspecified atom stereocenters. The summed E-state index contributed by atoms with van der Waals surface area (Å²) < 4.78 is 5.09. The van der Waals surface area contributed by atoms with E-state index in [4.69, 9.17) is 4.74 Å². The number of nitrogens with zero attached hydrogens (tertiary/aromatic N) is 4. The van der Waals surface area contributed by atoms with Crippen molar-refractivity contribution in [2.75, 3.05) is 25.5 Å². The van der Waals surface area contributed by atoms with Gasteiger partial charge in [0.1, 0.15) is 22.9 Å². The Bertz CT molecular complexity index is 684. The highest BCUT2D eigenvalue weighted by Gasteiger charge is 2.27. The van der Waals surface area contributed by atoms with Gasteiger partial charge in [-0.2, -0.15) is 0 Å². The minimum Gasteiger partial charge on any atom is -0.481 e. The van der Waals surface area contributed by atoms with Crippen LogP contribution in [0.2, 0.25) is 0 Å². The third kappa shape index (κ3) is 4.23. The second-order valence-electron chi connectivity index (χ2n) is 5.58. The maximum atomic E-state index is 11.1. The fourth-order valence-electron chi connectivity index (χ4n) is 2.47. The summed E-state index contributed by atoms with van der Waals surface area (Å²) in [5, 5.41) is 4.27. The SMILES string of the molecule is COc1cc(NC2CN(Cc3cnc(CC(C)=O)s3)C2)ncn1. The summed E-state index contributed by atoms with van der Waals surface area (Å²) >= 11 is 1.62. The normalized spacial score (nSPS) is 15.2. The number of methoxy groups -OCH3 is 1. The number of likely N-dealkylation sites (tertiary alicyclic amines) is 1. The molecule has 1 fully saturated rings. The average Bonchev–Trinajstić information content (AvgIpc) is 2.91. The molecule has 23 heavy (non-hydrogen) atoms. The number of carbonyl (C=O) groups is 1. The molecule has 0 saturated carbocycles. The van der Waals surface area contributed by atoms with Crippen molar-refractivity contribution < 1.29 is 9.53 Å². The Balaban J connectivity index is 1.45. The standard InChI is InChI=1S/C15H19N5O2S/c1-10(21)3-15-16-5-12(23-15)8-20-6-11(7-20)19-13-4-14(22-2)18-9-17-13/h4-5,9,11H,3,6-8H2,1-2H3,(H,17,18,19). The quantitative estimate of drug-likeness (QED) is 0.819. The fraction of sp³-hybridized carbons (Fsp3) is 0.467. The number of nitrogens with one attached hydrogen (secondary N) is 1. The van der Waals surface area contributed by atoms with Crippen molar-refractivity contribution in [2.24, 2.45) is 0 Å². The van der Waals surface area contributed by atoms with Gasteiger partial charge in [0, 0.05) is 36.8 Å². The Morgan fingerprint density at radius 1 is 1.43 bits per heavy atom. The number of hydrogen-bond donors (Lipinski definition) is 1. The van der Waals surface area contributed by atoms with Crippen molar-refractivity contribution in [1.82, 2.24) is 19.9 Å². The number of ether oxygens (including phenoxy) is 1. The largest absolute Gasteiger partial charge is 0.481 e. The predicted octanol–water partition coefficient (Wildman–Crippen LogP) is 1.37. The number of Topliss-reactive ketones (excluding diaryl/α,β-unsaturated/α-hetero) is 1. The Labute approximate surface area is 138 Å². The summed E-state index contributed by atoms with van der Waals surface area (Å²) in [7, 11) is 1.59. The molecular formula is C15H19N5O2S. The molecule has 1 N–H and O–H groups in total. The van der Waals surface area contributed by atoms with Gasteiger partial charge < -0.3 is 10.1 Å². The number of carbonyl (C=O) groups excluding carboxylic acids is 1. The minimum atomic E-state index is 0.152. The fourth-order valence-corrected chi connectivity index (χ4v) is 3.50. The zero-order chi connectivity index (χ0) is 16.2. The molecule has 1 saturated heterocycles. The summed E-state index contributed by atoms with van der Waals surface area (Å²) in [5.41, 5.74) is 0. The molecule has 1 aliphatic rings. The molecule has 1 aliphatic heterocycles. The zero-order valence-corrected chi connectivity index (χ0v) is 14.0. The Morgan fingerprint density at radius 3 is 3.00 bits per heavy atom. The molecule has 0 amide bonds. The van der Waals surface area contributed by atoms with Gasteiger partial charge in [-0.1, -0.05) is 0 Å². The number of anilines is 1. The molecule has 0 atom stereocenters. The third-order valence-corrected chi connectivity index (χ3v) is 4.52. The summed E-state index contributed by atoms with van der Waals surface area (Å²) in [5.74, 6) is 1.49. The van der Waals surface area contributed by atoms with Gasteiger partial charge in [0.15, 0.2) is 0 Å². The van der Waals surface area contributed by atoms with Crippen LogP contribution in [0.1, 0.15) is 16.8 Å². The van der Waals surface area contributed by atoms with E-state index >= 15 is 0 Å². The number of thiazole rings is 1. The van der Waals surface area contributed by atoms with E-state index in [2.05, 4.69) is 25.2 Å². The lowest BCUT2D eigenvalue weighted by Crippen LogP contribution is -2.54. The van der Waals surface area contributed by atoms with Gasteiger partial charge in [-0.15, -0.1) is 11.3 Å². The first kappa shape index (κ1) is 15.8. The number of rotatable bonds is 7. The Morgan fingerprint density at radius 2 is 2.26 bits per heavy atom. The van der Waals surface area contributed by atoms with Crippen molar-refractivity contribution in [1.29, 1.82) is 0 Å². The van der Waals surface area contributed by atoms with Crippen LogP contribution in [0, 0.1) is 0 Å². The average molecular weight is 333 g/mol. The van der Waals surface area contributed by atoms with E-state index < -0.39 is 0 Å². The Kier molecular flexibility index (Phi) is 4.82. The first-order valence-electron chi connectivity index (χ1n) is 7.40. The lowest BCUT2D eigenvalue weighted by atomic mass is 10.1. The highest BCUT2D eigenvalue weighted by atomic mass is 32.1. The van der Waals surface area contributed by atoms with Crippen molar-refractivity contribution >= 4 is 22.9 Å². The van der Waals surface area contributed by atoms with Crippen LogP contribution in [0.25, 0.3) is 0 Å². The topological polar surface area (TPSA) is 80.2 Å². The van der Waals surface area contributed by atoms with E-state index in [9.17, 15) is 4.79 Å². The van der Waals surface area contributed by atoms with Gasteiger partial charge in [0.05, 0.1) is 19.6 Å². The molecule has 0 bridgehead atoms. The van der Waals surface area contributed by atoms with Gasteiger partial charge in [-0.3, -0.25) is 9.69 Å². The summed E-state index contributed by atoms with van der Waals surface area (Å²) in [6.45, 7) is 4.37. The lowest BCUT2D eigenvalue weighted by molar-refractivity contribution is -0.116. The van der Waals surface area contributed by atoms with Gasteiger partial charge in [0.25, 0.3) is 0 Å². The molecule has 0 aliphatic carbocycles. The van der Waals surface area contributed by atoms with Crippen molar-refractivity contribution in [3.05, 3.63) is 28.5 Å². The highest BCUT2D eigenvalue weighted by molar-refractivity contribution is 7.11. The molecule has 122 valence electrons. The molecule has 0 spiro atoms. The second-order valence-corrected chi connectivity index (χ2v) is 6.78. The van der Waals surface area contributed by atoms with Crippen molar-refractivity contribution in [2.45, 2.75) is 25.9 Å². The molecular weight excluding hydrogens is 314 g/mol. The molecule has 3 rings (SSSR count). The minimum absolute atomic E-state index is 0.152. The van der Waals surface area contributed by atoms with Gasteiger partial charge in [-0.25, -0.2) is 15.0 Å². The van der Waals surface area contributed by atoms with Crippen LogP contribution in [0.3, 0.4) is 0 Å². The molecule has 2 aromatic heterocycles. The van der Waals surface area contributed by atoms with E-state index in [0.717, 1.165) is 30.5 Å². The molecule has 2 aromatic rings. The molecule has 3 heterocycles. The van der Waals surface area contributed by atoms with E-state index in [1.165, 1.54) is 11.2 Å². The van der Waals surface area contributed by atoms with E-state index in [1.54, 1.807) is 31.4 Å². The molecule has 0 aromatic carbocycles. The van der Waals surface area contributed by atoms with E-state index in [0.29, 0.717) is 18.3 Å². The number of hydrogen-bond acceptors (Lipinski definition) is 8. The monoisotopic (exact) mass is 333 g/mol. The van der Waals surface area contributed by atoms with Crippen LogP contribution < -0.4 is 10.1 Å². The zero-order valence-electron chi connectivity index (χ0n) is 13.2. The van der Waals surface area contributed by atoms with Crippen LogP contribution in [0.5, 0.6) is 5.88 Å². The summed E-state index contributed by atoms with van der Waals surface area (Å²) in [6.07, 6.45) is 3.80. The van der Waals surface area contributed by atoms with Crippen molar-refractivity contribution in [3.63, 3.8) is 0 Å². The first-order valence-corrected chi connectivity index (χ1v) is 8.22. The van der Waals surface area contributed by atoms with Crippen LogP contribution in [-0.2, 0) is 17.8 Å². The number of aromatic nitrogens is 3. The van der Waals surface area contributed by atoms with Crippen LogP contribution in [0.4, 0.5) is 5.82 Å². The van der Waals surface area contributed by atoms with Crippen LogP contribution in [-0.4, -0.2) is 51.9 Å². The van der Waals surface area contributed by atoms with Gasteiger partial charge >= 0.3 is 0 Å². The predicted molar refractivity (Wildman–Crippen MR) is 87.8 cm³/mol. The summed E-state index contributed by atoms with van der Waals surface area (Å²) in [6, 6.07) is 2.17.